The van der Waals surface area contributed by atoms with E-state index in [2.05, 4.69) is 41.7 Å². The van der Waals surface area contributed by atoms with Crippen molar-refractivity contribution in [2.24, 2.45) is 0 Å². The third-order valence-corrected chi connectivity index (χ3v) is 3.20. The number of benzene rings is 1. The molecule has 1 aliphatic rings. The highest BCUT2D eigenvalue weighted by atomic mass is 14.8. The quantitative estimate of drug-likeness (QED) is 0.597. The van der Waals surface area contributed by atoms with Crippen molar-refractivity contribution >= 4 is 0 Å². The molecular weight excluding hydrogens is 194 g/mol. The summed E-state index contributed by atoms with van der Waals surface area (Å²) in [5.41, 5.74) is 3.02. The molecule has 0 bridgehead atoms. The summed E-state index contributed by atoms with van der Waals surface area (Å²) >= 11 is 0. The van der Waals surface area contributed by atoms with Crippen LogP contribution >= 0.6 is 0 Å². The van der Waals surface area contributed by atoms with Crippen LogP contribution in [-0.2, 0) is 6.54 Å². The molecule has 1 aromatic carbocycles. The van der Waals surface area contributed by atoms with E-state index >= 15 is 0 Å². The van der Waals surface area contributed by atoms with Gasteiger partial charge in [-0.25, -0.2) is 0 Å². The van der Waals surface area contributed by atoms with E-state index in [-0.39, 0.29) is 0 Å². The van der Waals surface area contributed by atoms with Gasteiger partial charge >= 0.3 is 0 Å². The van der Waals surface area contributed by atoms with Gasteiger partial charge in [0.1, 0.15) is 0 Å². The van der Waals surface area contributed by atoms with Crippen LogP contribution in [0.3, 0.4) is 0 Å². The molecule has 2 rings (SSSR count). The molecule has 16 heavy (non-hydrogen) atoms. The van der Waals surface area contributed by atoms with Gasteiger partial charge in [0.05, 0.1) is 0 Å². The van der Waals surface area contributed by atoms with Gasteiger partial charge in [-0.2, -0.15) is 0 Å². The Bertz CT molecular complexity index is 319. The highest BCUT2D eigenvalue weighted by Gasteiger charge is 2.03. The van der Waals surface area contributed by atoms with Crippen LogP contribution in [0.15, 0.2) is 42.0 Å². The Hall–Kier alpha value is -1.08. The molecular formula is C15H21N. The highest BCUT2D eigenvalue weighted by molar-refractivity contribution is 5.14. The lowest BCUT2D eigenvalue weighted by Gasteiger charge is -2.13. The van der Waals surface area contributed by atoms with Gasteiger partial charge in [-0.05, 0) is 31.2 Å². The van der Waals surface area contributed by atoms with E-state index in [1.807, 2.05) is 0 Å². The number of allylic oxidation sites excluding steroid dienone is 1. The summed E-state index contributed by atoms with van der Waals surface area (Å²) < 4.78 is 0. The van der Waals surface area contributed by atoms with Gasteiger partial charge in [0.25, 0.3) is 0 Å². The van der Waals surface area contributed by atoms with Crippen molar-refractivity contribution in [1.29, 1.82) is 0 Å². The summed E-state index contributed by atoms with van der Waals surface area (Å²) in [5, 5.41) is 3.47. The van der Waals surface area contributed by atoms with Crippen LogP contribution in [0.1, 0.15) is 37.7 Å². The van der Waals surface area contributed by atoms with Gasteiger partial charge in [-0.3, -0.25) is 0 Å². The van der Waals surface area contributed by atoms with Crippen molar-refractivity contribution in [3.8, 4) is 0 Å². The van der Waals surface area contributed by atoms with Gasteiger partial charge in [-0.15, -0.1) is 0 Å². The number of hydrogen-bond donors (Lipinski definition) is 1. The Labute approximate surface area is 98.6 Å². The second kappa shape index (κ2) is 6.49. The first-order chi connectivity index (χ1) is 7.95. The molecule has 0 spiro atoms. The zero-order valence-corrected chi connectivity index (χ0v) is 9.91. The second-order valence-electron chi connectivity index (χ2n) is 4.54. The monoisotopic (exact) mass is 215 g/mol. The summed E-state index contributed by atoms with van der Waals surface area (Å²) in [6.07, 6.45) is 9.26. The number of rotatable bonds is 4. The van der Waals surface area contributed by atoms with Crippen molar-refractivity contribution in [3.63, 3.8) is 0 Å². The average Bonchev–Trinajstić information content (AvgIpc) is 2.37. The summed E-state index contributed by atoms with van der Waals surface area (Å²) in [6, 6.07) is 10.6. The summed E-state index contributed by atoms with van der Waals surface area (Å²) in [4.78, 5) is 0. The van der Waals surface area contributed by atoms with E-state index in [9.17, 15) is 0 Å². The van der Waals surface area contributed by atoms with Crippen LogP contribution in [0.25, 0.3) is 0 Å². The van der Waals surface area contributed by atoms with Gasteiger partial charge in [0.2, 0.25) is 0 Å². The van der Waals surface area contributed by atoms with Crippen molar-refractivity contribution in [1.82, 2.24) is 5.32 Å². The minimum absolute atomic E-state index is 0.977. The predicted octanol–water partition coefficient (Wildman–Crippen LogP) is 3.67. The molecule has 0 amide bonds. The second-order valence-corrected chi connectivity index (χ2v) is 4.54. The Morgan fingerprint density at radius 3 is 2.50 bits per heavy atom. The van der Waals surface area contributed by atoms with E-state index in [0.29, 0.717) is 0 Å². The van der Waals surface area contributed by atoms with E-state index in [1.54, 1.807) is 5.57 Å². The van der Waals surface area contributed by atoms with E-state index in [1.165, 1.54) is 37.7 Å². The van der Waals surface area contributed by atoms with Crippen LogP contribution in [0, 0.1) is 0 Å². The molecule has 1 aliphatic carbocycles. The molecule has 1 nitrogen and oxygen atoms in total. The van der Waals surface area contributed by atoms with E-state index in [4.69, 9.17) is 0 Å². The zero-order chi connectivity index (χ0) is 11.1. The molecule has 1 aromatic rings. The lowest BCUT2D eigenvalue weighted by molar-refractivity contribution is 0.594. The fourth-order valence-corrected chi connectivity index (χ4v) is 2.24. The normalized spacial score (nSPS) is 16.1. The first kappa shape index (κ1) is 11.4. The van der Waals surface area contributed by atoms with Gasteiger partial charge in [0, 0.05) is 13.1 Å². The van der Waals surface area contributed by atoms with E-state index < -0.39 is 0 Å². The molecule has 0 atom stereocenters. The largest absolute Gasteiger partial charge is 0.309 e. The molecule has 0 aliphatic heterocycles. The third-order valence-electron chi connectivity index (χ3n) is 3.20. The molecule has 0 radical (unpaired) electrons. The van der Waals surface area contributed by atoms with Crippen LogP contribution in [0.5, 0.6) is 0 Å². The minimum atomic E-state index is 0.977. The van der Waals surface area contributed by atoms with Gasteiger partial charge < -0.3 is 5.32 Å². The smallest absolute Gasteiger partial charge is 0.0208 e. The number of hydrogen-bond acceptors (Lipinski definition) is 1. The molecule has 1 saturated carbocycles. The maximum atomic E-state index is 3.47. The zero-order valence-electron chi connectivity index (χ0n) is 9.91. The van der Waals surface area contributed by atoms with Crippen LogP contribution in [0.2, 0.25) is 0 Å². The molecule has 0 unspecified atom stereocenters. The Kier molecular flexibility index (Phi) is 4.63. The molecule has 0 saturated heterocycles. The van der Waals surface area contributed by atoms with Crippen LogP contribution in [-0.4, -0.2) is 6.54 Å². The average molecular weight is 215 g/mol. The molecule has 86 valence electrons. The Morgan fingerprint density at radius 2 is 1.75 bits per heavy atom. The summed E-state index contributed by atoms with van der Waals surface area (Å²) in [6.45, 7) is 1.99. The topological polar surface area (TPSA) is 12.0 Å². The Morgan fingerprint density at radius 1 is 1.00 bits per heavy atom. The predicted molar refractivity (Wildman–Crippen MR) is 69.3 cm³/mol. The first-order valence-electron chi connectivity index (χ1n) is 6.38. The molecule has 0 heterocycles. The van der Waals surface area contributed by atoms with Gasteiger partial charge in [-0.1, -0.05) is 48.4 Å². The highest BCUT2D eigenvalue weighted by Crippen LogP contribution is 2.22. The summed E-state index contributed by atoms with van der Waals surface area (Å²) in [7, 11) is 0. The fraction of sp³-hybridized carbons (Fsp3) is 0.467. The van der Waals surface area contributed by atoms with Crippen LogP contribution in [0.4, 0.5) is 0 Å². The SMILES string of the molecule is C(CNCc1ccccc1)=C1CCCCC1. The maximum absolute atomic E-state index is 3.47. The fourth-order valence-electron chi connectivity index (χ4n) is 2.24. The summed E-state index contributed by atoms with van der Waals surface area (Å²) in [5.74, 6) is 0. The lowest BCUT2D eigenvalue weighted by Crippen LogP contribution is -2.13. The van der Waals surface area contributed by atoms with Crippen molar-refractivity contribution in [3.05, 3.63) is 47.5 Å². The number of nitrogens with one attached hydrogen (secondary N) is 1. The van der Waals surface area contributed by atoms with E-state index in [0.717, 1.165) is 13.1 Å². The molecule has 1 fully saturated rings. The molecule has 0 aromatic heterocycles. The first-order valence-corrected chi connectivity index (χ1v) is 6.38. The maximum Gasteiger partial charge on any atom is 0.0208 e. The standard InChI is InChI=1S/C15H21N/c1-3-7-14(8-4-1)11-12-16-13-15-9-5-2-6-10-15/h2,5-6,9-11,16H,1,3-4,7-8,12-13H2. The molecule has 1 N–H and O–H groups in total. The van der Waals surface area contributed by atoms with Crippen LogP contribution < -0.4 is 5.32 Å². The minimum Gasteiger partial charge on any atom is -0.309 e. The Balaban J connectivity index is 1.68. The van der Waals surface area contributed by atoms with Crippen molar-refractivity contribution < 1.29 is 0 Å². The van der Waals surface area contributed by atoms with Gasteiger partial charge in [0.15, 0.2) is 0 Å². The molecule has 1 heteroatoms. The third kappa shape index (κ3) is 3.82. The lowest BCUT2D eigenvalue weighted by atomic mass is 9.95. The van der Waals surface area contributed by atoms with Crippen molar-refractivity contribution in [2.75, 3.05) is 6.54 Å². The van der Waals surface area contributed by atoms with Crippen molar-refractivity contribution in [2.45, 2.75) is 38.6 Å².